The number of rotatable bonds is 4. The van der Waals surface area contributed by atoms with E-state index in [-0.39, 0.29) is 37.0 Å². The number of hydrogen-bond acceptors (Lipinski definition) is 10. The van der Waals surface area contributed by atoms with Gasteiger partial charge in [0.25, 0.3) is 0 Å². The lowest BCUT2D eigenvalue weighted by atomic mass is 9.45. The molecule has 3 N–H and O–H groups in total. The third-order valence-corrected chi connectivity index (χ3v) is 10.3. The molecule has 1 saturated heterocycles. The van der Waals surface area contributed by atoms with Gasteiger partial charge >= 0.3 is 17.9 Å². The number of carbonyl (C=O) groups excluding carboxylic acids is 3. The molecule has 5 rings (SSSR count). The van der Waals surface area contributed by atoms with Crippen LogP contribution in [-0.4, -0.2) is 82.1 Å². The summed E-state index contributed by atoms with van der Waals surface area (Å²) in [5.74, 6) is -3.02. The number of carbonyl (C=O) groups is 3. The molecule has 4 aliphatic rings. The van der Waals surface area contributed by atoms with E-state index in [1.165, 1.54) is 13.8 Å². The fourth-order valence-electron chi connectivity index (χ4n) is 8.01. The van der Waals surface area contributed by atoms with Crippen LogP contribution < -0.4 is 0 Å². The molecule has 1 aliphatic heterocycles. The number of aliphatic hydroxyl groups is 3. The Bertz CT molecular complexity index is 1260. The minimum atomic E-state index is -1.88. The predicted octanol–water partition coefficient (Wildman–Crippen LogP) is 2.33. The van der Waals surface area contributed by atoms with Crippen molar-refractivity contribution in [1.82, 2.24) is 0 Å². The first-order valence-corrected chi connectivity index (χ1v) is 14.2. The van der Waals surface area contributed by atoms with Crippen LogP contribution >= 0.6 is 0 Å². The highest BCUT2D eigenvalue weighted by Crippen LogP contribution is 2.63. The molecule has 0 radical (unpaired) electrons. The third kappa shape index (κ3) is 4.42. The molecule has 0 unspecified atom stereocenters. The van der Waals surface area contributed by atoms with Gasteiger partial charge in [-0.1, -0.05) is 39.0 Å². The molecule has 3 fully saturated rings. The van der Waals surface area contributed by atoms with Crippen molar-refractivity contribution in [3.05, 3.63) is 47.0 Å². The summed E-state index contributed by atoms with van der Waals surface area (Å²) >= 11 is 0. The van der Waals surface area contributed by atoms with E-state index < -0.39 is 70.8 Å². The summed E-state index contributed by atoms with van der Waals surface area (Å²) in [5, 5.41) is 36.8. The maximum Gasteiger partial charge on any atom is 0.338 e. The van der Waals surface area contributed by atoms with Crippen molar-refractivity contribution in [2.45, 2.75) is 96.6 Å². The first-order chi connectivity index (χ1) is 19.1. The zero-order chi connectivity index (χ0) is 30.1. The van der Waals surface area contributed by atoms with Crippen LogP contribution in [0.1, 0.15) is 64.7 Å². The van der Waals surface area contributed by atoms with E-state index in [4.69, 9.17) is 18.9 Å². The molecular weight excluding hydrogens is 532 g/mol. The number of aliphatic hydroxyl groups excluding tert-OH is 2. The second-order valence-electron chi connectivity index (χ2n) is 12.8. The van der Waals surface area contributed by atoms with Gasteiger partial charge < -0.3 is 34.3 Å². The van der Waals surface area contributed by atoms with Gasteiger partial charge in [-0.2, -0.15) is 0 Å². The molecule has 10 heteroatoms. The average molecular weight is 573 g/mol. The van der Waals surface area contributed by atoms with E-state index in [0.29, 0.717) is 11.1 Å². The van der Waals surface area contributed by atoms with Crippen LogP contribution in [0.4, 0.5) is 0 Å². The fraction of sp³-hybridized carbons (Fsp3) is 0.645. The summed E-state index contributed by atoms with van der Waals surface area (Å²) in [6.07, 6.45) is -6.38. The van der Waals surface area contributed by atoms with Crippen molar-refractivity contribution in [3.8, 4) is 0 Å². The Kier molecular flexibility index (Phi) is 7.38. The third-order valence-electron chi connectivity index (χ3n) is 10.3. The highest BCUT2D eigenvalue weighted by Gasteiger charge is 2.72. The summed E-state index contributed by atoms with van der Waals surface area (Å²) in [7, 11) is 0. The Morgan fingerprint density at radius 2 is 1.61 bits per heavy atom. The van der Waals surface area contributed by atoms with Crippen LogP contribution in [0.5, 0.6) is 0 Å². The molecular formula is C31H40O10. The average Bonchev–Trinajstić information content (AvgIpc) is 2.88. The van der Waals surface area contributed by atoms with Crippen LogP contribution in [0.2, 0.25) is 0 Å². The van der Waals surface area contributed by atoms with Crippen molar-refractivity contribution >= 4 is 17.9 Å². The highest BCUT2D eigenvalue weighted by molar-refractivity contribution is 5.89. The smallest absolute Gasteiger partial charge is 0.338 e. The van der Waals surface area contributed by atoms with Gasteiger partial charge in [0.2, 0.25) is 0 Å². The minimum absolute atomic E-state index is 0.120. The number of benzene rings is 1. The Morgan fingerprint density at radius 3 is 2.17 bits per heavy atom. The summed E-state index contributed by atoms with van der Waals surface area (Å²) in [6.45, 7) is 9.66. The molecule has 0 spiro atoms. The van der Waals surface area contributed by atoms with E-state index in [1.54, 1.807) is 58.0 Å². The van der Waals surface area contributed by atoms with Gasteiger partial charge in [0.05, 0.1) is 24.4 Å². The van der Waals surface area contributed by atoms with Crippen molar-refractivity contribution in [1.29, 1.82) is 0 Å². The van der Waals surface area contributed by atoms with E-state index in [0.717, 1.165) is 0 Å². The normalized spacial score (nSPS) is 41.0. The zero-order valence-corrected chi connectivity index (χ0v) is 24.3. The van der Waals surface area contributed by atoms with Crippen molar-refractivity contribution in [2.75, 3.05) is 6.61 Å². The maximum absolute atomic E-state index is 13.7. The quantitative estimate of drug-likeness (QED) is 0.279. The van der Waals surface area contributed by atoms with Crippen LogP contribution in [0.3, 0.4) is 0 Å². The molecule has 224 valence electrons. The van der Waals surface area contributed by atoms with Crippen LogP contribution in [0.15, 0.2) is 41.5 Å². The SMILES string of the molecule is CC(=O)O[C@H]1C[C@@]2(O)[C@@H](OC(=O)c3ccccc3)[C@@H]3[C@@H]4CO[C@@H]4C[C@H](O)[C@@]3(C)[C@H](O)[C@H](OC(C)=O)C(=C1C)C2(C)C. The second-order valence-corrected chi connectivity index (χ2v) is 12.8. The second kappa shape index (κ2) is 10.2. The van der Waals surface area contributed by atoms with Crippen LogP contribution in [0.25, 0.3) is 0 Å². The van der Waals surface area contributed by atoms with Gasteiger partial charge in [-0.25, -0.2) is 4.79 Å². The number of esters is 3. The van der Waals surface area contributed by atoms with E-state index in [2.05, 4.69) is 0 Å². The fourth-order valence-corrected chi connectivity index (χ4v) is 8.01. The number of hydrogen-bond donors (Lipinski definition) is 3. The van der Waals surface area contributed by atoms with Crippen molar-refractivity contribution < 1.29 is 48.7 Å². The Balaban J connectivity index is 1.78. The Labute approximate surface area is 239 Å². The monoisotopic (exact) mass is 572 g/mol. The number of ether oxygens (including phenoxy) is 4. The van der Waals surface area contributed by atoms with Gasteiger partial charge in [0.15, 0.2) is 6.10 Å². The molecule has 10 nitrogen and oxygen atoms in total. The summed E-state index contributed by atoms with van der Waals surface area (Å²) < 4.78 is 23.6. The molecule has 10 atom stereocenters. The lowest BCUT2D eigenvalue weighted by Gasteiger charge is -2.66. The topological polar surface area (TPSA) is 149 Å². The molecule has 0 amide bonds. The molecule has 1 aromatic carbocycles. The summed E-state index contributed by atoms with van der Waals surface area (Å²) in [6, 6.07) is 8.38. The lowest BCUT2D eigenvalue weighted by molar-refractivity contribution is -0.305. The lowest BCUT2D eigenvalue weighted by Crippen LogP contribution is -2.76. The van der Waals surface area contributed by atoms with Gasteiger partial charge in [0, 0.05) is 49.4 Å². The molecule has 3 aliphatic carbocycles. The highest BCUT2D eigenvalue weighted by atomic mass is 16.6. The largest absolute Gasteiger partial charge is 0.458 e. The first kappa shape index (κ1) is 29.7. The van der Waals surface area contributed by atoms with Crippen molar-refractivity contribution in [3.63, 3.8) is 0 Å². The molecule has 2 bridgehead atoms. The molecule has 1 aromatic rings. The molecule has 1 heterocycles. The van der Waals surface area contributed by atoms with E-state index >= 15 is 0 Å². The van der Waals surface area contributed by atoms with Gasteiger partial charge in [-0.3, -0.25) is 9.59 Å². The molecule has 41 heavy (non-hydrogen) atoms. The zero-order valence-electron chi connectivity index (χ0n) is 24.3. The Hall–Kier alpha value is -2.79. The predicted molar refractivity (Wildman–Crippen MR) is 144 cm³/mol. The maximum atomic E-state index is 13.7. The van der Waals surface area contributed by atoms with Crippen LogP contribution in [-0.2, 0) is 28.5 Å². The molecule has 0 aromatic heterocycles. The van der Waals surface area contributed by atoms with E-state index in [1.807, 2.05) is 0 Å². The summed E-state index contributed by atoms with van der Waals surface area (Å²) in [5.41, 5.74) is -3.37. The van der Waals surface area contributed by atoms with E-state index in [9.17, 15) is 29.7 Å². The molecule has 2 saturated carbocycles. The van der Waals surface area contributed by atoms with Gasteiger partial charge in [-0.05, 0) is 30.2 Å². The first-order valence-electron chi connectivity index (χ1n) is 14.2. The minimum Gasteiger partial charge on any atom is -0.458 e. The summed E-state index contributed by atoms with van der Waals surface area (Å²) in [4.78, 5) is 38.3. The van der Waals surface area contributed by atoms with Gasteiger partial charge in [0.1, 0.15) is 23.9 Å². The van der Waals surface area contributed by atoms with Crippen LogP contribution in [0, 0.1) is 22.7 Å². The van der Waals surface area contributed by atoms with Gasteiger partial charge in [-0.15, -0.1) is 0 Å². The Morgan fingerprint density at radius 1 is 0.976 bits per heavy atom. The number of fused-ring (bicyclic) bond motifs is 5. The standard InChI is InChI=1S/C31H40O10/c1-15-21(39-16(2)32)13-31(37)27(41-28(36)18-10-8-7-9-11-18)24-19-14-38-20(19)12-22(34)30(24,6)26(35)25(40-17(3)33)23(15)29(31,4)5/h7-11,19-22,24-27,34-35,37H,12-14H2,1-6H3/t19-,20-,21+,22+,24+,25-,26-,27+,30-,31-/m1/s1. The van der Waals surface area contributed by atoms with Crippen molar-refractivity contribution in [2.24, 2.45) is 22.7 Å².